The Morgan fingerprint density at radius 1 is 1.14 bits per heavy atom. The zero-order valence-electron chi connectivity index (χ0n) is 21.1. The van der Waals surface area contributed by atoms with Crippen LogP contribution in [0.3, 0.4) is 0 Å². The van der Waals surface area contributed by atoms with E-state index in [0.29, 0.717) is 35.1 Å². The Morgan fingerprint density at radius 3 is 2.46 bits per heavy atom. The molecule has 1 aromatic heterocycles. The van der Waals surface area contributed by atoms with Gasteiger partial charge >= 0.3 is 11.9 Å². The first kappa shape index (κ1) is 26.6. The van der Waals surface area contributed by atoms with Crippen LogP contribution in [0.15, 0.2) is 40.5 Å². The summed E-state index contributed by atoms with van der Waals surface area (Å²) in [5.74, 6) is -1.67. The number of aliphatic imine (C=N–C) groups is 1. The molecule has 8 nitrogen and oxygen atoms in total. The number of carbonyl (C=O) groups is 2. The highest BCUT2D eigenvalue weighted by Gasteiger charge is 2.43. The van der Waals surface area contributed by atoms with Gasteiger partial charge in [-0.3, -0.25) is 9.79 Å². The molecule has 0 radical (unpaired) electrons. The number of benzene rings is 1. The molecule has 0 N–H and O–H groups in total. The van der Waals surface area contributed by atoms with Crippen molar-refractivity contribution in [3.8, 4) is 0 Å². The number of halogens is 1. The van der Waals surface area contributed by atoms with Gasteiger partial charge in [-0.25, -0.2) is 9.78 Å². The number of methoxy groups -OCH3 is 1. The molecule has 0 saturated heterocycles. The van der Waals surface area contributed by atoms with Crippen LogP contribution in [0.5, 0.6) is 0 Å². The SMILES string of the molecule is CCOC(=O)C1=C(COCCn2c(C)nc(C)c2C)N=C(C)C(C(=O)OC)[C@@H]1c1ccccc1Cl. The van der Waals surface area contributed by atoms with Gasteiger partial charge in [-0.2, -0.15) is 0 Å². The lowest BCUT2D eigenvalue weighted by molar-refractivity contribution is -0.144. The van der Waals surface area contributed by atoms with Crippen molar-refractivity contribution in [1.82, 2.24) is 9.55 Å². The van der Waals surface area contributed by atoms with E-state index in [1.54, 1.807) is 32.0 Å². The van der Waals surface area contributed by atoms with Gasteiger partial charge in [-0.1, -0.05) is 29.8 Å². The maximum atomic E-state index is 13.2. The summed E-state index contributed by atoms with van der Waals surface area (Å²) in [7, 11) is 1.31. The first-order valence-electron chi connectivity index (χ1n) is 11.6. The summed E-state index contributed by atoms with van der Waals surface area (Å²) >= 11 is 6.53. The van der Waals surface area contributed by atoms with Crippen LogP contribution in [0.4, 0.5) is 0 Å². The number of nitrogens with zero attached hydrogens (tertiary/aromatic N) is 3. The lowest BCUT2D eigenvalue weighted by Crippen LogP contribution is -2.37. The first-order chi connectivity index (χ1) is 16.7. The van der Waals surface area contributed by atoms with Crippen molar-refractivity contribution in [2.24, 2.45) is 10.9 Å². The van der Waals surface area contributed by atoms with E-state index in [1.807, 2.05) is 26.8 Å². The quantitative estimate of drug-likeness (QED) is 0.375. The van der Waals surface area contributed by atoms with E-state index in [2.05, 4.69) is 14.5 Å². The Balaban J connectivity index is 1.98. The van der Waals surface area contributed by atoms with Crippen molar-refractivity contribution in [3.63, 3.8) is 0 Å². The molecular weight excluding hydrogens is 470 g/mol. The average molecular weight is 502 g/mol. The lowest BCUT2D eigenvalue weighted by Gasteiger charge is -2.32. The van der Waals surface area contributed by atoms with Crippen LogP contribution in [0.1, 0.15) is 42.5 Å². The second-order valence-corrected chi connectivity index (χ2v) is 8.78. The molecule has 1 aliphatic heterocycles. The number of hydrogen-bond donors (Lipinski definition) is 0. The van der Waals surface area contributed by atoms with E-state index >= 15 is 0 Å². The van der Waals surface area contributed by atoms with Crippen molar-refractivity contribution >= 4 is 29.3 Å². The van der Waals surface area contributed by atoms with Gasteiger partial charge in [0.05, 0.1) is 43.9 Å². The Labute approximate surface area is 210 Å². The summed E-state index contributed by atoms with van der Waals surface area (Å²) in [6.45, 7) is 10.7. The van der Waals surface area contributed by atoms with Gasteiger partial charge in [0.15, 0.2) is 0 Å². The summed E-state index contributed by atoms with van der Waals surface area (Å²) in [5.41, 5.74) is 3.89. The molecule has 2 heterocycles. The maximum absolute atomic E-state index is 13.2. The van der Waals surface area contributed by atoms with Crippen LogP contribution < -0.4 is 0 Å². The molecule has 0 amide bonds. The molecule has 1 aliphatic rings. The fourth-order valence-electron chi connectivity index (χ4n) is 4.47. The first-order valence-corrected chi connectivity index (χ1v) is 11.9. The van der Waals surface area contributed by atoms with Gasteiger partial charge in [0.1, 0.15) is 11.7 Å². The van der Waals surface area contributed by atoms with Crippen LogP contribution >= 0.6 is 11.6 Å². The molecule has 0 spiro atoms. The van der Waals surface area contributed by atoms with Crippen LogP contribution in [-0.4, -0.2) is 54.1 Å². The third-order valence-corrected chi connectivity index (χ3v) is 6.60. The molecule has 2 atom stereocenters. The molecule has 1 unspecified atom stereocenters. The highest BCUT2D eigenvalue weighted by atomic mass is 35.5. The second-order valence-electron chi connectivity index (χ2n) is 8.37. The van der Waals surface area contributed by atoms with Crippen LogP contribution in [0.2, 0.25) is 5.02 Å². The molecule has 1 aromatic carbocycles. The van der Waals surface area contributed by atoms with E-state index in [9.17, 15) is 9.59 Å². The molecule has 35 heavy (non-hydrogen) atoms. The summed E-state index contributed by atoms with van der Waals surface area (Å²) < 4.78 is 18.5. The second kappa shape index (κ2) is 11.6. The van der Waals surface area contributed by atoms with Gasteiger partial charge in [0, 0.05) is 28.9 Å². The number of rotatable bonds is 9. The Kier molecular flexibility index (Phi) is 8.86. The van der Waals surface area contributed by atoms with Crippen molar-refractivity contribution in [3.05, 3.63) is 63.3 Å². The lowest BCUT2D eigenvalue weighted by atomic mass is 9.75. The van der Waals surface area contributed by atoms with Gasteiger partial charge in [0.2, 0.25) is 0 Å². The summed E-state index contributed by atoms with van der Waals surface area (Å²) in [5, 5.41) is 0.435. The van der Waals surface area contributed by atoms with Crippen LogP contribution in [0, 0.1) is 26.7 Å². The van der Waals surface area contributed by atoms with Crippen molar-refractivity contribution < 1.29 is 23.8 Å². The van der Waals surface area contributed by atoms with E-state index in [-0.39, 0.29) is 18.8 Å². The zero-order chi connectivity index (χ0) is 25.7. The summed E-state index contributed by atoms with van der Waals surface area (Å²) in [4.78, 5) is 35.1. The average Bonchev–Trinajstić information content (AvgIpc) is 3.07. The fraction of sp³-hybridized carbons (Fsp3) is 0.462. The van der Waals surface area contributed by atoms with Gasteiger partial charge < -0.3 is 18.8 Å². The van der Waals surface area contributed by atoms with E-state index in [1.165, 1.54) is 7.11 Å². The number of ether oxygens (including phenoxy) is 3. The van der Waals surface area contributed by atoms with Gasteiger partial charge in [0.25, 0.3) is 0 Å². The molecule has 9 heteroatoms. The Morgan fingerprint density at radius 2 is 1.86 bits per heavy atom. The van der Waals surface area contributed by atoms with Crippen LogP contribution in [-0.2, 0) is 30.3 Å². The third-order valence-electron chi connectivity index (χ3n) is 6.25. The summed E-state index contributed by atoms with van der Waals surface area (Å²) in [6.07, 6.45) is 0. The maximum Gasteiger partial charge on any atom is 0.336 e. The van der Waals surface area contributed by atoms with Gasteiger partial charge in [-0.15, -0.1) is 0 Å². The molecule has 188 valence electrons. The van der Waals surface area contributed by atoms with Crippen molar-refractivity contribution in [1.29, 1.82) is 0 Å². The van der Waals surface area contributed by atoms with Crippen molar-refractivity contribution in [2.45, 2.75) is 47.1 Å². The predicted octanol–water partition coefficient (Wildman–Crippen LogP) is 4.34. The normalized spacial score (nSPS) is 17.9. The number of esters is 2. The molecule has 0 saturated carbocycles. The molecule has 0 bridgehead atoms. The topological polar surface area (TPSA) is 92.0 Å². The van der Waals surface area contributed by atoms with E-state index < -0.39 is 23.8 Å². The standard InChI is InChI=1S/C26H32ClN3O5/c1-7-35-26(32)24-21(14-34-13-12-30-17(4)15(2)28-18(30)5)29-16(3)22(25(31)33-6)23(24)19-10-8-9-11-20(19)27/h8-11,22-23H,7,12-14H2,1-6H3/t22?,23-/m0/s1. The van der Waals surface area contributed by atoms with Gasteiger partial charge in [-0.05, 0) is 46.2 Å². The number of imidazole rings is 1. The fourth-order valence-corrected chi connectivity index (χ4v) is 4.72. The number of hydrogen-bond acceptors (Lipinski definition) is 7. The number of carbonyl (C=O) groups excluding carboxylic acids is 2. The highest BCUT2D eigenvalue weighted by Crippen LogP contribution is 2.42. The highest BCUT2D eigenvalue weighted by molar-refractivity contribution is 6.31. The summed E-state index contributed by atoms with van der Waals surface area (Å²) in [6, 6.07) is 7.13. The Hall–Kier alpha value is -2.97. The van der Waals surface area contributed by atoms with E-state index in [0.717, 1.165) is 17.2 Å². The molecule has 2 aromatic rings. The third kappa shape index (κ3) is 5.65. The molecule has 0 fully saturated rings. The Bertz CT molecular complexity index is 1170. The predicted molar refractivity (Wildman–Crippen MR) is 134 cm³/mol. The minimum Gasteiger partial charge on any atom is -0.468 e. The molecular formula is C26H32ClN3O5. The minimum atomic E-state index is -0.817. The molecule has 0 aliphatic carbocycles. The smallest absolute Gasteiger partial charge is 0.336 e. The van der Waals surface area contributed by atoms with Crippen LogP contribution in [0.25, 0.3) is 0 Å². The van der Waals surface area contributed by atoms with Crippen molar-refractivity contribution in [2.75, 3.05) is 26.9 Å². The monoisotopic (exact) mass is 501 g/mol. The molecule has 3 rings (SSSR count). The minimum absolute atomic E-state index is 0.0755. The zero-order valence-corrected chi connectivity index (χ0v) is 21.8. The largest absolute Gasteiger partial charge is 0.468 e. The van der Waals surface area contributed by atoms with E-state index in [4.69, 9.17) is 25.8 Å². The number of aromatic nitrogens is 2. The number of aryl methyl sites for hydroxylation is 2.